The molecular weight excluding hydrogens is 254 g/mol. The van der Waals surface area contributed by atoms with E-state index >= 15 is 0 Å². The van der Waals surface area contributed by atoms with Gasteiger partial charge in [0.1, 0.15) is 0 Å². The summed E-state index contributed by atoms with van der Waals surface area (Å²) in [4.78, 5) is 15.6. The average Bonchev–Trinajstić information content (AvgIpc) is 2.78. The Hall–Kier alpha value is -2.14. The number of carbonyl (C=O) groups excluding carboxylic acids is 1. The molecule has 0 aliphatic rings. The molecule has 0 aliphatic carbocycles. The summed E-state index contributed by atoms with van der Waals surface area (Å²) in [6.45, 7) is 0. The van der Waals surface area contributed by atoms with Crippen molar-refractivity contribution in [2.24, 2.45) is 5.10 Å². The molecule has 2 aromatic heterocycles. The van der Waals surface area contributed by atoms with E-state index in [1.54, 1.807) is 12.3 Å². The molecule has 2 rings (SSSR count). The zero-order chi connectivity index (χ0) is 13.0. The van der Waals surface area contributed by atoms with Crippen molar-refractivity contribution >= 4 is 23.8 Å². The van der Waals surface area contributed by atoms with Crippen LogP contribution in [0, 0.1) is 0 Å². The average molecular weight is 264 g/mol. The van der Waals surface area contributed by atoms with Crippen molar-refractivity contribution in [3.05, 3.63) is 53.1 Å². The third-order valence-electron chi connectivity index (χ3n) is 2.16. The number of aromatic nitrogens is 2. The predicted molar refractivity (Wildman–Crippen MR) is 68.0 cm³/mol. The highest BCUT2D eigenvalue weighted by molar-refractivity contribution is 6.31. The summed E-state index contributed by atoms with van der Waals surface area (Å²) < 4.78 is 5.98. The normalized spacial score (nSPS) is 10.8. The number of ether oxygens (including phenoxy) is 1. The van der Waals surface area contributed by atoms with Crippen LogP contribution in [0.5, 0.6) is 0 Å². The minimum atomic E-state index is -0.500. The van der Waals surface area contributed by atoms with Gasteiger partial charge in [-0.1, -0.05) is 17.7 Å². The molecule has 0 amide bonds. The van der Waals surface area contributed by atoms with Crippen LogP contribution in [0.4, 0.5) is 0 Å². The van der Waals surface area contributed by atoms with Crippen molar-refractivity contribution in [2.45, 2.75) is 0 Å². The second-order valence-electron chi connectivity index (χ2n) is 3.38. The number of nitrogens with zero attached hydrogens (tertiary/aromatic N) is 3. The molecule has 0 fully saturated rings. The molecule has 6 heteroatoms. The van der Waals surface area contributed by atoms with Crippen LogP contribution in [-0.4, -0.2) is 29.0 Å². The fraction of sp³-hybridized carbons (Fsp3) is 0.0833. The van der Waals surface area contributed by atoms with Gasteiger partial charge in [-0.3, -0.25) is 4.98 Å². The van der Waals surface area contributed by atoms with E-state index in [0.717, 1.165) is 0 Å². The quantitative estimate of drug-likeness (QED) is 0.630. The summed E-state index contributed by atoms with van der Waals surface area (Å²) in [7, 11) is 1.30. The van der Waals surface area contributed by atoms with Crippen molar-refractivity contribution in [2.75, 3.05) is 7.11 Å². The smallest absolute Gasteiger partial charge is 0.356 e. The van der Waals surface area contributed by atoms with Crippen LogP contribution in [0.15, 0.2) is 41.8 Å². The lowest BCUT2D eigenvalue weighted by Gasteiger charge is -2.00. The van der Waals surface area contributed by atoms with Crippen molar-refractivity contribution in [3.63, 3.8) is 0 Å². The summed E-state index contributed by atoms with van der Waals surface area (Å²) >= 11 is 5.83. The molecule has 2 heterocycles. The van der Waals surface area contributed by atoms with Crippen LogP contribution in [0.25, 0.3) is 0 Å². The summed E-state index contributed by atoms with van der Waals surface area (Å²) in [5.41, 5.74) is 0.938. The maximum Gasteiger partial charge on any atom is 0.356 e. The molecule has 0 bridgehead atoms. The van der Waals surface area contributed by atoms with Gasteiger partial charge in [-0.15, -0.1) is 0 Å². The van der Waals surface area contributed by atoms with Crippen molar-refractivity contribution < 1.29 is 9.53 Å². The number of methoxy groups -OCH3 is 1. The Morgan fingerprint density at radius 1 is 1.56 bits per heavy atom. The molecule has 0 atom stereocenters. The van der Waals surface area contributed by atoms with Gasteiger partial charge < -0.3 is 4.74 Å². The lowest BCUT2D eigenvalue weighted by molar-refractivity contribution is 0.0589. The zero-order valence-corrected chi connectivity index (χ0v) is 10.3. The topological polar surface area (TPSA) is 56.5 Å². The first-order valence-electron chi connectivity index (χ1n) is 5.12. The van der Waals surface area contributed by atoms with E-state index in [0.29, 0.717) is 10.7 Å². The number of esters is 1. The third-order valence-corrected chi connectivity index (χ3v) is 2.37. The first-order valence-corrected chi connectivity index (χ1v) is 5.50. The number of hydrogen-bond acceptors (Lipinski definition) is 4. The van der Waals surface area contributed by atoms with Crippen LogP contribution < -0.4 is 0 Å². The maximum absolute atomic E-state index is 11.5. The maximum atomic E-state index is 11.5. The molecule has 0 saturated carbocycles. The highest BCUT2D eigenvalue weighted by Crippen LogP contribution is 2.14. The van der Waals surface area contributed by atoms with Crippen LogP contribution >= 0.6 is 11.6 Å². The van der Waals surface area contributed by atoms with Gasteiger partial charge in [0, 0.05) is 12.4 Å². The number of pyridine rings is 1. The van der Waals surface area contributed by atoms with Gasteiger partial charge in [-0.25, -0.2) is 9.47 Å². The number of rotatable bonds is 3. The molecule has 2 aromatic rings. The molecule has 0 N–H and O–H groups in total. The third kappa shape index (κ3) is 2.75. The lowest BCUT2D eigenvalue weighted by atomic mass is 10.4. The minimum absolute atomic E-state index is 0.259. The van der Waals surface area contributed by atoms with E-state index in [9.17, 15) is 4.79 Å². The first-order chi connectivity index (χ1) is 8.70. The SMILES string of the molecule is COC(=O)c1cc(Cl)cn1/N=C/c1ccccn1. The second kappa shape index (κ2) is 5.46. The molecule has 0 unspecified atom stereocenters. The van der Waals surface area contributed by atoms with E-state index in [4.69, 9.17) is 11.6 Å². The van der Waals surface area contributed by atoms with Crippen LogP contribution in [0.2, 0.25) is 5.02 Å². The summed E-state index contributed by atoms with van der Waals surface area (Å²) in [6.07, 6.45) is 4.71. The summed E-state index contributed by atoms with van der Waals surface area (Å²) in [5.74, 6) is -0.500. The zero-order valence-electron chi connectivity index (χ0n) is 9.58. The van der Waals surface area contributed by atoms with Crippen molar-refractivity contribution in [1.29, 1.82) is 0 Å². The van der Waals surface area contributed by atoms with Crippen molar-refractivity contribution in [1.82, 2.24) is 9.66 Å². The number of halogens is 1. The van der Waals surface area contributed by atoms with E-state index in [-0.39, 0.29) is 5.69 Å². The van der Waals surface area contributed by atoms with Gasteiger partial charge in [0.15, 0.2) is 5.69 Å². The fourth-order valence-corrected chi connectivity index (χ4v) is 1.54. The van der Waals surface area contributed by atoms with E-state index in [1.165, 1.54) is 30.3 Å². The van der Waals surface area contributed by atoms with Gasteiger partial charge in [-0.2, -0.15) is 5.10 Å². The Labute approximate surface area is 109 Å². The molecule has 92 valence electrons. The fourth-order valence-electron chi connectivity index (χ4n) is 1.35. The van der Waals surface area contributed by atoms with Gasteiger partial charge in [-0.05, 0) is 18.2 Å². The minimum Gasteiger partial charge on any atom is -0.464 e. The Morgan fingerprint density at radius 3 is 3.06 bits per heavy atom. The van der Waals surface area contributed by atoms with Crippen LogP contribution in [0.1, 0.15) is 16.2 Å². The molecular formula is C12H10ClN3O2. The molecule has 18 heavy (non-hydrogen) atoms. The highest BCUT2D eigenvalue weighted by atomic mass is 35.5. The first kappa shape index (κ1) is 12.3. The van der Waals surface area contributed by atoms with E-state index < -0.39 is 5.97 Å². The highest BCUT2D eigenvalue weighted by Gasteiger charge is 2.12. The Kier molecular flexibility index (Phi) is 3.74. The summed E-state index contributed by atoms with van der Waals surface area (Å²) in [6, 6.07) is 6.94. The second-order valence-corrected chi connectivity index (χ2v) is 3.82. The lowest BCUT2D eigenvalue weighted by Crippen LogP contribution is -2.07. The van der Waals surface area contributed by atoms with E-state index in [2.05, 4.69) is 14.8 Å². The molecule has 0 saturated heterocycles. The van der Waals surface area contributed by atoms with Gasteiger partial charge in [0.05, 0.1) is 24.0 Å². The molecule has 0 radical (unpaired) electrons. The van der Waals surface area contributed by atoms with Crippen molar-refractivity contribution in [3.8, 4) is 0 Å². The Balaban J connectivity index is 2.29. The molecule has 5 nitrogen and oxygen atoms in total. The number of hydrogen-bond donors (Lipinski definition) is 0. The molecule has 0 spiro atoms. The van der Waals surface area contributed by atoms with Gasteiger partial charge in [0.2, 0.25) is 0 Å². The Bertz CT molecular complexity index is 578. The van der Waals surface area contributed by atoms with Crippen LogP contribution in [0.3, 0.4) is 0 Å². The largest absolute Gasteiger partial charge is 0.464 e. The number of carbonyl (C=O) groups is 1. The monoisotopic (exact) mass is 263 g/mol. The van der Waals surface area contributed by atoms with Gasteiger partial charge >= 0.3 is 5.97 Å². The predicted octanol–water partition coefficient (Wildman–Crippen LogP) is 2.21. The van der Waals surface area contributed by atoms with Crippen LogP contribution in [-0.2, 0) is 4.74 Å². The molecule has 0 aliphatic heterocycles. The van der Waals surface area contributed by atoms with E-state index in [1.807, 2.05) is 12.1 Å². The summed E-state index contributed by atoms with van der Waals surface area (Å²) in [5, 5.41) is 4.52. The Morgan fingerprint density at radius 2 is 2.39 bits per heavy atom. The molecule has 0 aromatic carbocycles. The standard InChI is InChI=1S/C12H10ClN3O2/c1-18-12(17)11-6-9(13)8-16(11)15-7-10-4-2-3-5-14-10/h2-8H,1H3/b15-7+. The van der Waals surface area contributed by atoms with Gasteiger partial charge in [0.25, 0.3) is 0 Å².